The van der Waals surface area contributed by atoms with Crippen molar-refractivity contribution >= 4 is 23.8 Å². The molecule has 3 fully saturated rings. The fourth-order valence-corrected chi connectivity index (χ4v) is 5.42. The van der Waals surface area contributed by atoms with Crippen LogP contribution in [0.25, 0.3) is 0 Å². The van der Waals surface area contributed by atoms with E-state index in [1.807, 2.05) is 16.7 Å². The second kappa shape index (κ2) is 6.07. The predicted octanol–water partition coefficient (Wildman–Crippen LogP) is 2.31. The molecule has 2 amide bonds. The third kappa shape index (κ3) is 2.87. The van der Waals surface area contributed by atoms with Gasteiger partial charge >= 0.3 is 12.0 Å². The summed E-state index contributed by atoms with van der Waals surface area (Å²) >= 11 is 1.98. The molecule has 0 aromatic carbocycles. The maximum absolute atomic E-state index is 12.5. The van der Waals surface area contributed by atoms with Crippen LogP contribution in [0.4, 0.5) is 4.79 Å². The molecule has 118 valence electrons. The Kier molecular flexibility index (Phi) is 4.33. The largest absolute Gasteiger partial charge is 0.481 e. The quantitative estimate of drug-likeness (QED) is 0.836. The van der Waals surface area contributed by atoms with Crippen molar-refractivity contribution in [3.8, 4) is 0 Å². The lowest BCUT2D eigenvalue weighted by atomic mass is 9.89. The van der Waals surface area contributed by atoms with Gasteiger partial charge in [-0.2, -0.15) is 11.8 Å². The molecule has 5 nitrogen and oxygen atoms in total. The molecule has 0 spiro atoms. The van der Waals surface area contributed by atoms with Crippen molar-refractivity contribution in [1.29, 1.82) is 0 Å². The minimum absolute atomic E-state index is 0.0293. The second-order valence-corrected chi connectivity index (χ2v) is 8.00. The Morgan fingerprint density at radius 3 is 2.71 bits per heavy atom. The maximum atomic E-state index is 12.5. The molecule has 5 unspecified atom stereocenters. The van der Waals surface area contributed by atoms with E-state index in [1.165, 1.54) is 6.42 Å². The SMILES string of the molecule is CCSC1CCC(NC(=O)N2C3CCC2C(C(=O)O)C3)C1. The molecule has 5 atom stereocenters. The Balaban J connectivity index is 1.56. The Bertz CT molecular complexity index is 431. The zero-order valence-electron chi connectivity index (χ0n) is 12.5. The molecule has 1 saturated carbocycles. The fourth-order valence-electron chi connectivity index (χ4n) is 4.28. The number of thioether (sulfide) groups is 1. The van der Waals surface area contributed by atoms with Crippen LogP contribution in [0.2, 0.25) is 0 Å². The summed E-state index contributed by atoms with van der Waals surface area (Å²) < 4.78 is 0. The van der Waals surface area contributed by atoms with Crippen molar-refractivity contribution < 1.29 is 14.7 Å². The molecule has 2 N–H and O–H groups in total. The molecule has 3 rings (SSSR count). The number of fused-ring (bicyclic) bond motifs is 2. The van der Waals surface area contributed by atoms with E-state index in [0.29, 0.717) is 11.7 Å². The Morgan fingerprint density at radius 2 is 2.05 bits per heavy atom. The Labute approximate surface area is 129 Å². The van der Waals surface area contributed by atoms with Gasteiger partial charge < -0.3 is 15.3 Å². The molecule has 0 aromatic heterocycles. The van der Waals surface area contributed by atoms with Gasteiger partial charge in [0.2, 0.25) is 0 Å². The highest BCUT2D eigenvalue weighted by atomic mass is 32.2. The number of urea groups is 1. The number of hydrogen-bond acceptors (Lipinski definition) is 3. The van der Waals surface area contributed by atoms with Gasteiger partial charge in [0, 0.05) is 23.4 Å². The molecule has 0 aromatic rings. The van der Waals surface area contributed by atoms with E-state index < -0.39 is 5.97 Å². The number of carbonyl (C=O) groups excluding carboxylic acids is 1. The average molecular weight is 312 g/mol. The lowest BCUT2D eigenvalue weighted by molar-refractivity contribution is -0.142. The van der Waals surface area contributed by atoms with Gasteiger partial charge in [-0.3, -0.25) is 4.79 Å². The van der Waals surface area contributed by atoms with Crippen LogP contribution in [0.3, 0.4) is 0 Å². The number of hydrogen-bond donors (Lipinski definition) is 2. The molecule has 2 bridgehead atoms. The fraction of sp³-hybridized carbons (Fsp3) is 0.867. The third-order valence-corrected chi connectivity index (χ3v) is 6.44. The number of aliphatic carboxylic acids is 1. The number of carbonyl (C=O) groups is 2. The van der Waals surface area contributed by atoms with Gasteiger partial charge in [0.15, 0.2) is 0 Å². The number of nitrogens with zero attached hydrogens (tertiary/aromatic N) is 1. The standard InChI is InChI=1S/C15H24N2O3S/c1-2-21-11-5-3-9(7-11)16-15(20)17-10-4-6-13(17)12(8-10)14(18)19/h9-13H,2-8H2,1H3,(H,16,20)(H,18,19). The van der Waals surface area contributed by atoms with Crippen LogP contribution < -0.4 is 5.32 Å². The molecule has 6 heteroatoms. The highest BCUT2D eigenvalue weighted by Crippen LogP contribution is 2.42. The summed E-state index contributed by atoms with van der Waals surface area (Å²) in [5.74, 6) is 0.0174. The second-order valence-electron chi connectivity index (χ2n) is 6.42. The van der Waals surface area contributed by atoms with Crippen molar-refractivity contribution in [2.24, 2.45) is 5.92 Å². The summed E-state index contributed by atoms with van der Waals surface area (Å²) in [4.78, 5) is 25.6. The molecule has 0 radical (unpaired) electrons. The normalized spacial score (nSPS) is 38.0. The van der Waals surface area contributed by atoms with Gasteiger partial charge in [-0.25, -0.2) is 4.79 Å². The summed E-state index contributed by atoms with van der Waals surface area (Å²) in [5, 5.41) is 13.1. The predicted molar refractivity (Wildman–Crippen MR) is 82.5 cm³/mol. The van der Waals surface area contributed by atoms with Crippen molar-refractivity contribution in [2.75, 3.05) is 5.75 Å². The Morgan fingerprint density at radius 1 is 1.24 bits per heavy atom. The van der Waals surface area contributed by atoms with Gasteiger partial charge in [0.1, 0.15) is 0 Å². The van der Waals surface area contributed by atoms with Gasteiger partial charge in [-0.15, -0.1) is 0 Å². The summed E-state index contributed by atoms with van der Waals surface area (Å²) in [6.45, 7) is 2.17. The summed E-state index contributed by atoms with van der Waals surface area (Å²) in [7, 11) is 0. The van der Waals surface area contributed by atoms with Crippen LogP contribution in [0.15, 0.2) is 0 Å². The first-order valence-electron chi connectivity index (χ1n) is 8.03. The van der Waals surface area contributed by atoms with Crippen molar-refractivity contribution in [1.82, 2.24) is 10.2 Å². The first-order valence-corrected chi connectivity index (χ1v) is 9.08. The topological polar surface area (TPSA) is 69.6 Å². The molecule has 2 saturated heterocycles. The molecule has 3 aliphatic rings. The van der Waals surface area contributed by atoms with Crippen LogP contribution in [-0.2, 0) is 4.79 Å². The van der Waals surface area contributed by atoms with Crippen LogP contribution in [-0.4, -0.2) is 51.1 Å². The zero-order chi connectivity index (χ0) is 15.0. The van der Waals surface area contributed by atoms with Gasteiger partial charge in [-0.1, -0.05) is 6.92 Å². The van der Waals surface area contributed by atoms with Crippen LogP contribution >= 0.6 is 11.8 Å². The van der Waals surface area contributed by atoms with E-state index >= 15 is 0 Å². The number of carboxylic acid groups (broad SMARTS) is 1. The van der Waals surface area contributed by atoms with E-state index in [2.05, 4.69) is 12.2 Å². The average Bonchev–Trinajstić information content (AvgIpc) is 3.12. The first-order chi connectivity index (χ1) is 10.1. The summed E-state index contributed by atoms with van der Waals surface area (Å²) in [6, 6.07) is 0.288. The van der Waals surface area contributed by atoms with Crippen LogP contribution in [0.1, 0.15) is 45.4 Å². The first kappa shape index (κ1) is 15.0. The van der Waals surface area contributed by atoms with Crippen LogP contribution in [0, 0.1) is 5.92 Å². The lowest BCUT2D eigenvalue weighted by Crippen LogP contribution is -2.47. The maximum Gasteiger partial charge on any atom is 0.318 e. The molecule has 2 aliphatic heterocycles. The monoisotopic (exact) mass is 312 g/mol. The molecule has 1 aliphatic carbocycles. The van der Waals surface area contributed by atoms with Crippen molar-refractivity contribution in [3.05, 3.63) is 0 Å². The summed E-state index contributed by atoms with van der Waals surface area (Å²) in [5.41, 5.74) is 0. The molecule has 2 heterocycles. The van der Waals surface area contributed by atoms with E-state index in [1.54, 1.807) is 0 Å². The molecule has 21 heavy (non-hydrogen) atoms. The van der Waals surface area contributed by atoms with E-state index in [4.69, 9.17) is 0 Å². The lowest BCUT2D eigenvalue weighted by Gasteiger charge is -2.25. The van der Waals surface area contributed by atoms with E-state index in [-0.39, 0.29) is 30.1 Å². The number of rotatable bonds is 4. The minimum atomic E-state index is -0.750. The highest BCUT2D eigenvalue weighted by Gasteiger charge is 2.51. The van der Waals surface area contributed by atoms with Crippen molar-refractivity contribution in [3.63, 3.8) is 0 Å². The number of carboxylic acids is 1. The summed E-state index contributed by atoms with van der Waals surface area (Å²) in [6.07, 6.45) is 5.71. The van der Waals surface area contributed by atoms with E-state index in [0.717, 1.165) is 31.4 Å². The van der Waals surface area contributed by atoms with Crippen molar-refractivity contribution in [2.45, 2.75) is 68.8 Å². The zero-order valence-corrected chi connectivity index (χ0v) is 13.3. The minimum Gasteiger partial charge on any atom is -0.481 e. The molecular formula is C15H24N2O3S. The van der Waals surface area contributed by atoms with Gasteiger partial charge in [-0.05, 0) is 44.3 Å². The smallest absolute Gasteiger partial charge is 0.318 e. The van der Waals surface area contributed by atoms with Gasteiger partial charge in [0.25, 0.3) is 0 Å². The van der Waals surface area contributed by atoms with E-state index in [9.17, 15) is 14.7 Å². The third-order valence-electron chi connectivity index (χ3n) is 5.20. The van der Waals surface area contributed by atoms with Crippen LogP contribution in [0.5, 0.6) is 0 Å². The number of amides is 2. The molecular weight excluding hydrogens is 288 g/mol. The highest BCUT2D eigenvalue weighted by molar-refractivity contribution is 7.99. The number of nitrogens with one attached hydrogen (secondary N) is 1. The Hall–Kier alpha value is -0.910. The van der Waals surface area contributed by atoms with Gasteiger partial charge in [0.05, 0.1) is 5.92 Å².